The summed E-state index contributed by atoms with van der Waals surface area (Å²) in [5.41, 5.74) is 3.17. The molecule has 2 aromatic carbocycles. The lowest BCUT2D eigenvalue weighted by Gasteiger charge is -2.19. The van der Waals surface area contributed by atoms with Crippen LogP contribution in [0.15, 0.2) is 48.8 Å². The van der Waals surface area contributed by atoms with Gasteiger partial charge < -0.3 is 4.90 Å². The second kappa shape index (κ2) is 6.29. The Hall–Kier alpha value is -1.84. The van der Waals surface area contributed by atoms with Gasteiger partial charge in [-0.3, -0.25) is 0 Å². The number of halogens is 2. The monoisotopic (exact) mass is 319 g/mol. The largest absolute Gasteiger partial charge is 0.329 e. The highest BCUT2D eigenvalue weighted by Crippen LogP contribution is 2.29. The summed E-state index contributed by atoms with van der Waals surface area (Å²) >= 11 is 6.01. The van der Waals surface area contributed by atoms with Gasteiger partial charge in [-0.05, 0) is 37.3 Å². The highest BCUT2D eigenvalue weighted by atomic mass is 35.5. The van der Waals surface area contributed by atoms with Gasteiger partial charge in [0.2, 0.25) is 0 Å². The van der Waals surface area contributed by atoms with Gasteiger partial charge in [0.1, 0.15) is 12.1 Å². The van der Waals surface area contributed by atoms with Gasteiger partial charge >= 0.3 is 0 Å². The van der Waals surface area contributed by atoms with Crippen LogP contribution in [0.25, 0.3) is 10.9 Å². The Morgan fingerprint density at radius 3 is 2.43 bits per heavy atom. The van der Waals surface area contributed by atoms with E-state index in [1.807, 2.05) is 25.2 Å². The average Bonchev–Trinajstić information content (AvgIpc) is 2.46. The smallest absolute Gasteiger partial charge is 0.144 e. The molecule has 108 valence electrons. The van der Waals surface area contributed by atoms with Crippen LogP contribution in [0.5, 0.6) is 0 Å². The first-order chi connectivity index (χ1) is 9.65. The van der Waals surface area contributed by atoms with Crippen LogP contribution in [-0.2, 0) is 0 Å². The Morgan fingerprint density at radius 1 is 1.00 bits per heavy atom. The van der Waals surface area contributed by atoms with Gasteiger partial charge in [0.25, 0.3) is 0 Å². The van der Waals surface area contributed by atoms with Crippen molar-refractivity contribution in [2.24, 2.45) is 0 Å². The van der Waals surface area contributed by atoms with Crippen molar-refractivity contribution in [2.75, 3.05) is 11.9 Å². The lowest BCUT2D eigenvalue weighted by Crippen LogP contribution is -2.11. The molecule has 0 spiro atoms. The number of rotatable bonds is 2. The first kappa shape index (κ1) is 15.5. The van der Waals surface area contributed by atoms with Gasteiger partial charge in [-0.1, -0.05) is 29.3 Å². The second-order valence-corrected chi connectivity index (χ2v) is 5.19. The maximum atomic E-state index is 6.01. The van der Waals surface area contributed by atoms with Crippen LogP contribution < -0.4 is 4.90 Å². The molecule has 0 aliphatic carbocycles. The zero-order valence-corrected chi connectivity index (χ0v) is 13.3. The van der Waals surface area contributed by atoms with E-state index in [2.05, 4.69) is 46.1 Å². The number of hydrogen-bond donors (Lipinski definition) is 0. The van der Waals surface area contributed by atoms with E-state index in [0.29, 0.717) is 5.02 Å². The van der Waals surface area contributed by atoms with Gasteiger partial charge in [0, 0.05) is 23.1 Å². The van der Waals surface area contributed by atoms with E-state index in [0.717, 1.165) is 22.4 Å². The SMILES string of the molecule is Cc1ccc(N(C)c2ncnc3cc(Cl)ccc23)cc1.Cl. The summed E-state index contributed by atoms with van der Waals surface area (Å²) in [7, 11) is 2.00. The van der Waals surface area contributed by atoms with Crippen molar-refractivity contribution in [3.63, 3.8) is 0 Å². The second-order valence-electron chi connectivity index (χ2n) is 4.75. The maximum Gasteiger partial charge on any atom is 0.144 e. The molecule has 1 aromatic heterocycles. The number of aromatic nitrogens is 2. The Kier molecular flexibility index (Phi) is 4.66. The molecule has 0 atom stereocenters. The molecular formula is C16H15Cl2N3. The quantitative estimate of drug-likeness (QED) is 0.680. The molecular weight excluding hydrogens is 305 g/mol. The first-order valence-corrected chi connectivity index (χ1v) is 6.73. The Balaban J connectivity index is 0.00000161. The molecule has 0 radical (unpaired) electrons. The Morgan fingerprint density at radius 2 is 1.71 bits per heavy atom. The highest BCUT2D eigenvalue weighted by Gasteiger charge is 2.10. The summed E-state index contributed by atoms with van der Waals surface area (Å²) in [5, 5.41) is 1.67. The normalized spacial score (nSPS) is 10.2. The van der Waals surface area contributed by atoms with Gasteiger partial charge in [-0.25, -0.2) is 9.97 Å². The molecule has 1 heterocycles. The summed E-state index contributed by atoms with van der Waals surface area (Å²) < 4.78 is 0. The minimum Gasteiger partial charge on any atom is -0.329 e. The molecule has 0 amide bonds. The molecule has 3 nitrogen and oxygen atoms in total. The Bertz CT molecular complexity index is 757. The van der Waals surface area contributed by atoms with E-state index in [4.69, 9.17) is 11.6 Å². The minimum absolute atomic E-state index is 0. The van der Waals surface area contributed by atoms with Crippen LogP contribution in [0.2, 0.25) is 5.02 Å². The molecule has 5 heteroatoms. The van der Waals surface area contributed by atoms with E-state index in [1.165, 1.54) is 5.56 Å². The zero-order chi connectivity index (χ0) is 14.1. The fourth-order valence-corrected chi connectivity index (χ4v) is 2.34. The van der Waals surface area contributed by atoms with Gasteiger partial charge in [0.05, 0.1) is 5.52 Å². The molecule has 0 aliphatic rings. The van der Waals surface area contributed by atoms with Gasteiger partial charge in [0.15, 0.2) is 0 Å². The number of nitrogens with zero attached hydrogens (tertiary/aromatic N) is 3. The predicted octanol–water partition coefficient (Wildman–Crippen LogP) is 4.78. The van der Waals surface area contributed by atoms with E-state index in [1.54, 1.807) is 6.33 Å². The lowest BCUT2D eigenvalue weighted by molar-refractivity contribution is 1.11. The van der Waals surface area contributed by atoms with Gasteiger partial charge in [-0.15, -0.1) is 12.4 Å². The molecule has 0 saturated heterocycles. The Labute approximate surface area is 135 Å². The molecule has 21 heavy (non-hydrogen) atoms. The molecule has 0 N–H and O–H groups in total. The summed E-state index contributed by atoms with van der Waals surface area (Å²) in [6.07, 6.45) is 1.57. The average molecular weight is 320 g/mol. The highest BCUT2D eigenvalue weighted by molar-refractivity contribution is 6.31. The van der Waals surface area contributed by atoms with Crippen LogP contribution in [0, 0.1) is 6.92 Å². The van der Waals surface area contributed by atoms with E-state index >= 15 is 0 Å². The lowest BCUT2D eigenvalue weighted by atomic mass is 10.2. The number of anilines is 2. The number of aryl methyl sites for hydroxylation is 1. The third-order valence-corrected chi connectivity index (χ3v) is 3.55. The maximum absolute atomic E-state index is 6.01. The third-order valence-electron chi connectivity index (χ3n) is 3.32. The molecule has 0 bridgehead atoms. The van der Waals surface area contributed by atoms with Crippen molar-refractivity contribution >= 4 is 46.4 Å². The predicted molar refractivity (Wildman–Crippen MR) is 91.0 cm³/mol. The number of hydrogen-bond acceptors (Lipinski definition) is 3. The fraction of sp³-hybridized carbons (Fsp3) is 0.125. The van der Waals surface area contributed by atoms with Crippen molar-refractivity contribution in [2.45, 2.75) is 6.92 Å². The topological polar surface area (TPSA) is 29.0 Å². The molecule has 3 rings (SSSR count). The van der Waals surface area contributed by atoms with Crippen molar-refractivity contribution in [3.05, 3.63) is 59.4 Å². The molecule has 0 fully saturated rings. The van der Waals surface area contributed by atoms with Crippen LogP contribution >= 0.6 is 24.0 Å². The summed E-state index contributed by atoms with van der Waals surface area (Å²) in [6, 6.07) is 14.0. The van der Waals surface area contributed by atoms with Crippen LogP contribution in [0.1, 0.15) is 5.56 Å². The van der Waals surface area contributed by atoms with Crippen LogP contribution in [0.3, 0.4) is 0 Å². The third kappa shape index (κ3) is 3.09. The molecule has 0 saturated carbocycles. The number of benzene rings is 2. The molecule has 3 aromatic rings. The van der Waals surface area contributed by atoms with E-state index in [9.17, 15) is 0 Å². The summed E-state index contributed by atoms with van der Waals surface area (Å²) in [6.45, 7) is 2.08. The van der Waals surface area contributed by atoms with Crippen LogP contribution in [0.4, 0.5) is 11.5 Å². The summed E-state index contributed by atoms with van der Waals surface area (Å²) in [4.78, 5) is 10.7. The van der Waals surface area contributed by atoms with Gasteiger partial charge in [-0.2, -0.15) is 0 Å². The zero-order valence-electron chi connectivity index (χ0n) is 11.7. The molecule has 0 aliphatic heterocycles. The van der Waals surface area contributed by atoms with Crippen molar-refractivity contribution in [3.8, 4) is 0 Å². The van der Waals surface area contributed by atoms with E-state index in [-0.39, 0.29) is 12.4 Å². The van der Waals surface area contributed by atoms with Crippen molar-refractivity contribution in [1.29, 1.82) is 0 Å². The minimum atomic E-state index is 0. The first-order valence-electron chi connectivity index (χ1n) is 6.36. The number of fused-ring (bicyclic) bond motifs is 1. The molecule has 0 unspecified atom stereocenters. The fourth-order valence-electron chi connectivity index (χ4n) is 2.17. The summed E-state index contributed by atoms with van der Waals surface area (Å²) in [5.74, 6) is 0.871. The van der Waals surface area contributed by atoms with E-state index < -0.39 is 0 Å². The van der Waals surface area contributed by atoms with Crippen LogP contribution in [-0.4, -0.2) is 17.0 Å². The van der Waals surface area contributed by atoms with Crippen molar-refractivity contribution < 1.29 is 0 Å². The standard InChI is InChI=1S/C16H14ClN3.ClH/c1-11-3-6-13(7-4-11)20(2)16-14-8-5-12(17)9-15(14)18-10-19-16;/h3-10H,1-2H3;1H. The van der Waals surface area contributed by atoms with Crippen molar-refractivity contribution in [1.82, 2.24) is 9.97 Å².